The largest absolute Gasteiger partial charge is 0.416 e. The fourth-order valence-electron chi connectivity index (χ4n) is 2.11. The third kappa shape index (κ3) is 3.83. The smallest absolute Gasteiger partial charge is 0.321 e. The molecule has 0 aliphatic rings. The van der Waals surface area contributed by atoms with Crippen LogP contribution in [-0.2, 0) is 6.18 Å². The summed E-state index contributed by atoms with van der Waals surface area (Å²) in [6.07, 6.45) is -3.71. The number of nitrogens with one attached hydrogen (secondary N) is 1. The lowest BCUT2D eigenvalue weighted by Gasteiger charge is -2.12. The van der Waals surface area contributed by atoms with Gasteiger partial charge < -0.3 is 5.32 Å². The molecule has 2 aromatic carbocycles. The Morgan fingerprint density at radius 1 is 1.20 bits per heavy atom. The van der Waals surface area contributed by atoms with Crippen LogP contribution in [-0.4, -0.2) is 5.91 Å². The molecule has 0 spiro atoms. The van der Waals surface area contributed by atoms with Gasteiger partial charge in [-0.25, -0.2) is 8.78 Å². The molecule has 0 aliphatic heterocycles. The summed E-state index contributed by atoms with van der Waals surface area (Å²) in [7, 11) is 0. The van der Waals surface area contributed by atoms with Gasteiger partial charge in [-0.2, -0.15) is 18.4 Å². The van der Waals surface area contributed by atoms with E-state index in [1.807, 2.05) is 0 Å². The summed E-state index contributed by atoms with van der Waals surface area (Å²) in [4.78, 5) is 12.1. The van der Waals surface area contributed by atoms with Crippen molar-refractivity contribution >= 4 is 17.7 Å². The Hall–Kier alpha value is -3.21. The second-order valence-electron chi connectivity index (χ2n) is 4.88. The van der Waals surface area contributed by atoms with Gasteiger partial charge in [0.05, 0.1) is 11.1 Å². The molecule has 2 aromatic rings. The molecule has 0 saturated carbocycles. The van der Waals surface area contributed by atoms with Gasteiger partial charge in [0.1, 0.15) is 17.7 Å². The summed E-state index contributed by atoms with van der Waals surface area (Å²) in [5, 5.41) is 11.2. The molecule has 0 aliphatic carbocycles. The van der Waals surface area contributed by atoms with Crippen LogP contribution in [0.4, 0.5) is 27.6 Å². The lowest BCUT2D eigenvalue weighted by atomic mass is 10.0. The highest BCUT2D eigenvalue weighted by molar-refractivity contribution is 6.05. The quantitative estimate of drug-likeness (QED) is 0.811. The van der Waals surface area contributed by atoms with E-state index >= 15 is 0 Å². The minimum Gasteiger partial charge on any atom is -0.321 e. The fourth-order valence-corrected chi connectivity index (χ4v) is 2.11. The van der Waals surface area contributed by atoms with Crippen LogP contribution in [0.3, 0.4) is 0 Å². The zero-order valence-electron chi connectivity index (χ0n) is 12.4. The van der Waals surface area contributed by atoms with E-state index in [0.717, 1.165) is 18.2 Å². The van der Waals surface area contributed by atoms with Crippen molar-refractivity contribution in [3.8, 4) is 6.07 Å². The molecule has 0 heterocycles. The van der Waals surface area contributed by atoms with Crippen molar-refractivity contribution < 1.29 is 26.7 Å². The van der Waals surface area contributed by atoms with Gasteiger partial charge in [0.2, 0.25) is 0 Å². The summed E-state index contributed by atoms with van der Waals surface area (Å²) in [6, 6.07) is 5.01. The minimum absolute atomic E-state index is 0.0386. The molecule has 1 N–H and O–H groups in total. The molecule has 0 saturated heterocycles. The number of rotatable bonds is 3. The van der Waals surface area contributed by atoms with Crippen LogP contribution in [0.2, 0.25) is 0 Å². The van der Waals surface area contributed by atoms with Crippen molar-refractivity contribution in [2.75, 3.05) is 5.32 Å². The maximum absolute atomic E-state index is 13.6. The highest BCUT2D eigenvalue weighted by atomic mass is 19.4. The number of halogens is 5. The summed E-state index contributed by atoms with van der Waals surface area (Å²) < 4.78 is 65.1. The standard InChI is InChI=1S/C17H9F5N2O/c1-2-12-13(8-23)14(19)3-4-15(12)24-16(25)9-5-10(17(20,21)22)7-11(18)6-9/h2-7H,1H2,(H,24,25). The highest BCUT2D eigenvalue weighted by Gasteiger charge is 2.32. The van der Waals surface area contributed by atoms with Crippen molar-refractivity contribution in [2.45, 2.75) is 6.18 Å². The molecule has 25 heavy (non-hydrogen) atoms. The van der Waals surface area contributed by atoms with Gasteiger partial charge >= 0.3 is 6.18 Å². The number of amides is 1. The molecule has 0 aromatic heterocycles. The van der Waals surface area contributed by atoms with Crippen LogP contribution < -0.4 is 5.32 Å². The van der Waals surface area contributed by atoms with E-state index in [-0.39, 0.29) is 22.9 Å². The lowest BCUT2D eigenvalue weighted by Crippen LogP contribution is -2.15. The normalized spacial score (nSPS) is 10.9. The van der Waals surface area contributed by atoms with E-state index in [1.54, 1.807) is 6.07 Å². The molecule has 0 bridgehead atoms. The number of carbonyl (C=O) groups excluding carboxylic acids is 1. The summed E-state index contributed by atoms with van der Waals surface area (Å²) in [6.45, 7) is 3.40. The van der Waals surface area contributed by atoms with Crippen LogP contribution in [0.1, 0.15) is 27.0 Å². The Balaban J connectivity index is 2.44. The summed E-state index contributed by atoms with van der Waals surface area (Å²) in [5.41, 5.74) is -2.37. The molecule has 3 nitrogen and oxygen atoms in total. The highest BCUT2D eigenvalue weighted by Crippen LogP contribution is 2.31. The minimum atomic E-state index is -4.83. The molecule has 2 rings (SSSR count). The predicted molar refractivity (Wildman–Crippen MR) is 80.6 cm³/mol. The predicted octanol–water partition coefficient (Wildman–Crippen LogP) is 4.75. The number of nitrogens with zero attached hydrogens (tertiary/aromatic N) is 1. The van der Waals surface area contributed by atoms with E-state index in [4.69, 9.17) is 5.26 Å². The van der Waals surface area contributed by atoms with Gasteiger partial charge in [-0.1, -0.05) is 12.7 Å². The van der Waals surface area contributed by atoms with E-state index in [1.165, 1.54) is 0 Å². The molecule has 0 fully saturated rings. The first kappa shape index (κ1) is 18.1. The molecule has 0 atom stereocenters. The molecule has 8 heteroatoms. The first-order valence-corrected chi connectivity index (χ1v) is 6.71. The Morgan fingerprint density at radius 3 is 2.44 bits per heavy atom. The van der Waals surface area contributed by atoms with E-state index < -0.39 is 34.8 Å². The monoisotopic (exact) mass is 352 g/mol. The van der Waals surface area contributed by atoms with Gasteiger partial charge in [0.25, 0.3) is 5.91 Å². The average Bonchev–Trinajstić information content (AvgIpc) is 2.54. The van der Waals surface area contributed by atoms with E-state index in [2.05, 4.69) is 11.9 Å². The third-order valence-electron chi connectivity index (χ3n) is 3.25. The molecular formula is C17H9F5N2O. The van der Waals surface area contributed by atoms with Gasteiger partial charge in [0, 0.05) is 16.8 Å². The molecule has 0 unspecified atom stereocenters. The first-order valence-electron chi connectivity index (χ1n) is 6.71. The number of nitriles is 1. The Kier molecular flexibility index (Phi) is 4.88. The number of hydrogen-bond donors (Lipinski definition) is 1. The Morgan fingerprint density at radius 2 is 1.88 bits per heavy atom. The zero-order chi connectivity index (χ0) is 18.8. The number of anilines is 1. The molecule has 1 amide bonds. The molecule has 0 radical (unpaired) electrons. The fraction of sp³-hybridized carbons (Fsp3) is 0.0588. The van der Waals surface area contributed by atoms with Crippen molar-refractivity contribution in [2.24, 2.45) is 0 Å². The maximum atomic E-state index is 13.6. The topological polar surface area (TPSA) is 52.9 Å². The lowest BCUT2D eigenvalue weighted by molar-refractivity contribution is -0.137. The average molecular weight is 352 g/mol. The second-order valence-corrected chi connectivity index (χ2v) is 4.88. The number of carbonyl (C=O) groups is 1. The first-order chi connectivity index (χ1) is 11.7. The van der Waals surface area contributed by atoms with Gasteiger partial charge in [0.15, 0.2) is 0 Å². The van der Waals surface area contributed by atoms with Crippen LogP contribution in [0.15, 0.2) is 36.9 Å². The number of benzene rings is 2. The van der Waals surface area contributed by atoms with Crippen molar-refractivity contribution in [1.29, 1.82) is 5.26 Å². The molecule has 128 valence electrons. The van der Waals surface area contributed by atoms with Crippen LogP contribution in [0, 0.1) is 23.0 Å². The Labute approximate surface area is 139 Å². The van der Waals surface area contributed by atoms with Crippen LogP contribution in [0.5, 0.6) is 0 Å². The zero-order valence-corrected chi connectivity index (χ0v) is 12.4. The van der Waals surface area contributed by atoms with Crippen LogP contribution >= 0.6 is 0 Å². The second kappa shape index (κ2) is 6.73. The number of hydrogen-bond acceptors (Lipinski definition) is 2. The number of alkyl halides is 3. The maximum Gasteiger partial charge on any atom is 0.416 e. The van der Waals surface area contributed by atoms with Gasteiger partial charge in [-0.15, -0.1) is 0 Å². The van der Waals surface area contributed by atoms with Gasteiger partial charge in [-0.3, -0.25) is 4.79 Å². The van der Waals surface area contributed by atoms with E-state index in [9.17, 15) is 26.7 Å². The summed E-state index contributed by atoms with van der Waals surface area (Å²) in [5.74, 6) is -3.13. The summed E-state index contributed by atoms with van der Waals surface area (Å²) >= 11 is 0. The SMILES string of the molecule is C=Cc1c(NC(=O)c2cc(F)cc(C(F)(F)F)c2)ccc(F)c1C#N. The van der Waals surface area contributed by atoms with Crippen molar-refractivity contribution in [1.82, 2.24) is 0 Å². The third-order valence-corrected chi connectivity index (χ3v) is 3.25. The van der Waals surface area contributed by atoms with Crippen LogP contribution in [0.25, 0.3) is 6.08 Å². The van der Waals surface area contributed by atoms with Crippen molar-refractivity contribution in [3.63, 3.8) is 0 Å². The van der Waals surface area contributed by atoms with Gasteiger partial charge in [-0.05, 0) is 30.3 Å². The van der Waals surface area contributed by atoms with Crippen molar-refractivity contribution in [3.05, 3.63) is 70.8 Å². The van der Waals surface area contributed by atoms with E-state index in [0.29, 0.717) is 12.1 Å². The molecular weight excluding hydrogens is 343 g/mol. The Bertz CT molecular complexity index is 897.